The van der Waals surface area contributed by atoms with E-state index in [9.17, 15) is 0 Å². The Bertz CT molecular complexity index is 621. The second-order valence-electron chi connectivity index (χ2n) is 6.06. The Kier molecular flexibility index (Phi) is 4.75. The van der Waals surface area contributed by atoms with E-state index in [1.807, 2.05) is 12.1 Å². The zero-order valence-corrected chi connectivity index (χ0v) is 14.0. The Morgan fingerprint density at radius 3 is 2.95 bits per heavy atom. The van der Waals surface area contributed by atoms with Crippen LogP contribution in [-0.4, -0.2) is 15.4 Å². The third kappa shape index (κ3) is 3.07. The van der Waals surface area contributed by atoms with Gasteiger partial charge in [0.25, 0.3) is 0 Å². The summed E-state index contributed by atoms with van der Waals surface area (Å²) in [6.45, 7) is 2.30. The molecule has 0 aliphatic heterocycles. The summed E-state index contributed by atoms with van der Waals surface area (Å²) in [7, 11) is 0. The molecule has 0 spiro atoms. The van der Waals surface area contributed by atoms with E-state index in [1.165, 1.54) is 37.6 Å². The molecule has 0 N–H and O–H groups in total. The molecule has 21 heavy (non-hydrogen) atoms. The van der Waals surface area contributed by atoms with Crippen LogP contribution in [0.5, 0.6) is 0 Å². The molecule has 2 aromatic rings. The Morgan fingerprint density at radius 2 is 2.19 bits per heavy atom. The van der Waals surface area contributed by atoms with Crippen molar-refractivity contribution in [2.75, 3.05) is 5.88 Å². The first kappa shape index (κ1) is 15.2. The lowest BCUT2D eigenvalue weighted by atomic mass is 9.84. The third-order valence-corrected chi connectivity index (χ3v) is 5.16. The summed E-state index contributed by atoms with van der Waals surface area (Å²) in [5, 5.41) is 0.750. The molecule has 2 nitrogen and oxygen atoms in total. The van der Waals surface area contributed by atoms with E-state index >= 15 is 0 Å². The van der Waals surface area contributed by atoms with Crippen LogP contribution in [0.15, 0.2) is 18.2 Å². The zero-order chi connectivity index (χ0) is 14.8. The van der Waals surface area contributed by atoms with Crippen LogP contribution in [0.2, 0.25) is 5.02 Å². The highest BCUT2D eigenvalue weighted by Gasteiger charge is 2.25. The van der Waals surface area contributed by atoms with Crippen LogP contribution in [-0.2, 0) is 6.42 Å². The molecule has 1 aromatic heterocycles. The number of halogens is 2. The number of aromatic nitrogens is 2. The molecule has 3 rings (SSSR count). The van der Waals surface area contributed by atoms with E-state index < -0.39 is 0 Å². The maximum Gasteiger partial charge on any atom is 0.111 e. The lowest BCUT2D eigenvalue weighted by molar-refractivity contribution is 0.262. The minimum Gasteiger partial charge on any atom is -0.325 e. The Labute approximate surface area is 136 Å². The second-order valence-corrected chi connectivity index (χ2v) is 6.88. The summed E-state index contributed by atoms with van der Waals surface area (Å²) in [5.41, 5.74) is 2.21. The largest absolute Gasteiger partial charge is 0.325 e. The van der Waals surface area contributed by atoms with Gasteiger partial charge in [0, 0.05) is 23.4 Å². The van der Waals surface area contributed by atoms with Crippen molar-refractivity contribution in [3.63, 3.8) is 0 Å². The van der Waals surface area contributed by atoms with Crippen molar-refractivity contribution < 1.29 is 0 Å². The number of rotatable bonds is 4. The van der Waals surface area contributed by atoms with Crippen molar-refractivity contribution >= 4 is 34.2 Å². The van der Waals surface area contributed by atoms with Crippen LogP contribution in [0.3, 0.4) is 0 Å². The number of aryl methyl sites for hydroxylation is 1. The average molecular weight is 325 g/mol. The normalized spacial score (nSPS) is 22.8. The van der Waals surface area contributed by atoms with Crippen molar-refractivity contribution in [1.82, 2.24) is 9.55 Å². The van der Waals surface area contributed by atoms with Gasteiger partial charge in [-0.15, -0.1) is 11.6 Å². The highest BCUT2D eigenvalue weighted by Crippen LogP contribution is 2.37. The van der Waals surface area contributed by atoms with Crippen molar-refractivity contribution in [3.8, 4) is 0 Å². The van der Waals surface area contributed by atoms with Crippen LogP contribution in [0.25, 0.3) is 11.0 Å². The van der Waals surface area contributed by atoms with Gasteiger partial charge in [-0.25, -0.2) is 4.98 Å². The number of hydrogen-bond donors (Lipinski definition) is 0. The monoisotopic (exact) mass is 324 g/mol. The summed E-state index contributed by atoms with van der Waals surface area (Å²) in [5.74, 6) is 2.57. The molecule has 0 saturated heterocycles. The molecule has 0 amide bonds. The summed E-state index contributed by atoms with van der Waals surface area (Å²) in [6.07, 6.45) is 7.30. The lowest BCUT2D eigenvalue weighted by Crippen LogP contribution is -2.20. The average Bonchev–Trinajstić information content (AvgIpc) is 2.84. The fourth-order valence-electron chi connectivity index (χ4n) is 3.66. The molecular formula is C17H22Cl2N2. The Balaban J connectivity index is 2.04. The standard InChI is InChI=1S/C17H22Cl2N2/c1-2-12-4-3-5-14(10-12)21-16-7-6-13(19)11-15(16)20-17(21)8-9-18/h6-7,11-12,14H,2-5,8-10H2,1H3. The predicted octanol–water partition coefficient (Wildman–Crippen LogP) is 5.61. The van der Waals surface area contributed by atoms with Gasteiger partial charge >= 0.3 is 0 Å². The van der Waals surface area contributed by atoms with Gasteiger partial charge in [-0.05, 0) is 37.0 Å². The Hall–Kier alpha value is -0.730. The van der Waals surface area contributed by atoms with Gasteiger partial charge in [-0.2, -0.15) is 0 Å². The first-order valence-corrected chi connectivity index (χ1v) is 8.86. The van der Waals surface area contributed by atoms with Gasteiger partial charge < -0.3 is 4.57 Å². The van der Waals surface area contributed by atoms with Crippen LogP contribution in [0, 0.1) is 5.92 Å². The van der Waals surface area contributed by atoms with Gasteiger partial charge in [0.05, 0.1) is 11.0 Å². The van der Waals surface area contributed by atoms with Crippen molar-refractivity contribution in [2.45, 2.75) is 51.5 Å². The summed E-state index contributed by atoms with van der Waals surface area (Å²) in [6, 6.07) is 6.60. The molecule has 2 atom stereocenters. The van der Waals surface area contributed by atoms with Crippen LogP contribution < -0.4 is 0 Å². The second kappa shape index (κ2) is 6.58. The van der Waals surface area contributed by atoms with E-state index in [-0.39, 0.29) is 0 Å². The smallest absolute Gasteiger partial charge is 0.111 e. The summed E-state index contributed by atoms with van der Waals surface area (Å²) >= 11 is 12.1. The first-order chi connectivity index (χ1) is 10.2. The molecule has 1 fully saturated rings. The molecule has 1 heterocycles. The van der Waals surface area contributed by atoms with Crippen molar-refractivity contribution in [2.24, 2.45) is 5.92 Å². The molecule has 0 bridgehead atoms. The first-order valence-electron chi connectivity index (χ1n) is 7.95. The predicted molar refractivity (Wildman–Crippen MR) is 90.5 cm³/mol. The molecule has 1 aromatic carbocycles. The van der Waals surface area contributed by atoms with E-state index in [0.717, 1.165) is 28.7 Å². The molecule has 2 unspecified atom stereocenters. The topological polar surface area (TPSA) is 17.8 Å². The molecule has 1 saturated carbocycles. The molecule has 114 valence electrons. The zero-order valence-electron chi connectivity index (χ0n) is 12.5. The number of alkyl halides is 1. The molecule has 4 heteroatoms. The van der Waals surface area contributed by atoms with Gasteiger partial charge in [0.15, 0.2) is 0 Å². The Morgan fingerprint density at radius 1 is 1.33 bits per heavy atom. The summed E-state index contributed by atoms with van der Waals surface area (Å²) < 4.78 is 2.44. The highest BCUT2D eigenvalue weighted by molar-refractivity contribution is 6.31. The molecular weight excluding hydrogens is 303 g/mol. The fraction of sp³-hybridized carbons (Fsp3) is 0.588. The quantitative estimate of drug-likeness (QED) is 0.668. The third-order valence-electron chi connectivity index (χ3n) is 4.74. The lowest BCUT2D eigenvalue weighted by Gasteiger charge is -2.31. The number of hydrogen-bond acceptors (Lipinski definition) is 1. The van der Waals surface area contributed by atoms with E-state index in [0.29, 0.717) is 11.9 Å². The minimum atomic E-state index is 0.563. The highest BCUT2D eigenvalue weighted by atomic mass is 35.5. The van der Waals surface area contributed by atoms with Gasteiger partial charge in [0.1, 0.15) is 5.82 Å². The van der Waals surface area contributed by atoms with Crippen LogP contribution >= 0.6 is 23.2 Å². The molecule has 1 aliphatic rings. The van der Waals surface area contributed by atoms with Crippen LogP contribution in [0.4, 0.5) is 0 Å². The maximum atomic E-state index is 6.11. The van der Waals surface area contributed by atoms with Crippen LogP contribution in [0.1, 0.15) is 50.9 Å². The van der Waals surface area contributed by atoms with E-state index in [1.54, 1.807) is 0 Å². The number of imidazole rings is 1. The fourth-order valence-corrected chi connectivity index (χ4v) is 3.99. The van der Waals surface area contributed by atoms with Crippen molar-refractivity contribution in [1.29, 1.82) is 0 Å². The minimum absolute atomic E-state index is 0.563. The number of nitrogens with zero attached hydrogens (tertiary/aromatic N) is 2. The molecule has 1 aliphatic carbocycles. The van der Waals surface area contributed by atoms with Gasteiger partial charge in [-0.1, -0.05) is 37.8 Å². The van der Waals surface area contributed by atoms with E-state index in [2.05, 4.69) is 17.6 Å². The maximum absolute atomic E-state index is 6.11. The van der Waals surface area contributed by atoms with E-state index in [4.69, 9.17) is 28.2 Å². The van der Waals surface area contributed by atoms with Crippen molar-refractivity contribution in [3.05, 3.63) is 29.0 Å². The SMILES string of the molecule is CCC1CCCC(n2c(CCCl)nc3cc(Cl)ccc32)C1. The summed E-state index contributed by atoms with van der Waals surface area (Å²) in [4.78, 5) is 4.78. The number of fused-ring (bicyclic) bond motifs is 1. The van der Waals surface area contributed by atoms with Gasteiger partial charge in [-0.3, -0.25) is 0 Å². The van der Waals surface area contributed by atoms with Gasteiger partial charge in [0.2, 0.25) is 0 Å². The number of benzene rings is 1. The molecule has 0 radical (unpaired) electrons.